The van der Waals surface area contributed by atoms with Gasteiger partial charge in [-0.3, -0.25) is 14.5 Å². The van der Waals surface area contributed by atoms with E-state index in [1.54, 1.807) is 32.0 Å². The zero-order chi connectivity index (χ0) is 25.1. The van der Waals surface area contributed by atoms with Gasteiger partial charge in [-0.25, -0.2) is 18.2 Å². The van der Waals surface area contributed by atoms with E-state index in [9.17, 15) is 23.5 Å². The van der Waals surface area contributed by atoms with Crippen LogP contribution in [0.15, 0.2) is 54.1 Å². The molecule has 0 aliphatic carbocycles. The highest BCUT2D eigenvalue weighted by atomic mass is 19.3. The fourth-order valence-corrected chi connectivity index (χ4v) is 4.69. The van der Waals surface area contributed by atoms with Gasteiger partial charge in [0, 0.05) is 35.8 Å². The average Bonchev–Trinajstić information content (AvgIpc) is 3.49. The minimum absolute atomic E-state index is 0.0248. The summed E-state index contributed by atoms with van der Waals surface area (Å²) >= 11 is 0. The lowest BCUT2D eigenvalue weighted by Crippen LogP contribution is -2.32. The standard InChI is InChI=1S/C25H23F3N4O3/c1-13(2)22(33)20-21(16-5-3-14(9-17(16)26)31-8-7-25(27,28)11-31)32(24(35)23(20)34)15-4-6-18-19(10-15)30-12-29-18/h3-6,9-10,12-13,21,34H,7-8,11H2,1-2H3,(H,29,30). The summed E-state index contributed by atoms with van der Waals surface area (Å²) in [6.45, 7) is 2.81. The van der Waals surface area contributed by atoms with Crippen LogP contribution >= 0.6 is 0 Å². The normalized spacial score (nSPS) is 20.1. The van der Waals surface area contributed by atoms with E-state index in [1.807, 2.05) is 0 Å². The zero-order valence-corrected chi connectivity index (χ0v) is 19.1. The quantitative estimate of drug-likeness (QED) is 0.549. The Morgan fingerprint density at radius 2 is 1.94 bits per heavy atom. The Kier molecular flexibility index (Phi) is 5.34. The number of aliphatic hydroxyl groups excluding tert-OH is 1. The number of aromatic amines is 1. The number of alkyl halides is 2. The molecular weight excluding hydrogens is 461 g/mol. The number of H-pyrrole nitrogens is 1. The number of benzene rings is 2. The molecule has 2 aromatic carbocycles. The van der Waals surface area contributed by atoms with Gasteiger partial charge in [0.1, 0.15) is 5.82 Å². The monoisotopic (exact) mass is 484 g/mol. The first-order chi connectivity index (χ1) is 16.6. The number of Topliss-reactive ketones (excluding diaryl/α,β-unsaturated/α-hetero) is 1. The molecule has 1 atom stereocenters. The van der Waals surface area contributed by atoms with Crippen molar-refractivity contribution in [2.45, 2.75) is 32.2 Å². The molecule has 3 heterocycles. The number of anilines is 2. The number of carbonyl (C=O) groups is 2. The molecule has 0 spiro atoms. The summed E-state index contributed by atoms with van der Waals surface area (Å²) in [5.74, 6) is -6.25. The summed E-state index contributed by atoms with van der Waals surface area (Å²) < 4.78 is 42.9. The van der Waals surface area contributed by atoms with E-state index in [-0.39, 0.29) is 29.8 Å². The van der Waals surface area contributed by atoms with Crippen molar-refractivity contribution >= 4 is 34.1 Å². The lowest BCUT2D eigenvalue weighted by atomic mass is 9.90. The van der Waals surface area contributed by atoms with E-state index < -0.39 is 47.7 Å². The molecule has 1 aromatic heterocycles. The first-order valence-electron chi connectivity index (χ1n) is 11.2. The van der Waals surface area contributed by atoms with Crippen molar-refractivity contribution in [1.29, 1.82) is 0 Å². The van der Waals surface area contributed by atoms with Crippen LogP contribution in [0.4, 0.5) is 24.5 Å². The third kappa shape index (κ3) is 3.82. The number of nitrogens with one attached hydrogen (secondary N) is 1. The van der Waals surface area contributed by atoms with Crippen LogP contribution < -0.4 is 9.80 Å². The number of fused-ring (bicyclic) bond motifs is 1. The molecule has 7 nitrogen and oxygen atoms in total. The maximum Gasteiger partial charge on any atom is 0.294 e. The molecule has 1 fully saturated rings. The van der Waals surface area contributed by atoms with Crippen LogP contribution in [0.3, 0.4) is 0 Å². The first-order valence-corrected chi connectivity index (χ1v) is 11.2. The van der Waals surface area contributed by atoms with Gasteiger partial charge in [0.05, 0.1) is 35.5 Å². The second-order valence-corrected chi connectivity index (χ2v) is 9.20. The number of halogens is 3. The number of ketones is 1. The molecule has 0 radical (unpaired) electrons. The van der Waals surface area contributed by atoms with Crippen molar-refractivity contribution in [3.05, 3.63) is 65.4 Å². The molecule has 5 rings (SSSR count). The lowest BCUT2D eigenvalue weighted by molar-refractivity contribution is -0.119. The van der Waals surface area contributed by atoms with Crippen molar-refractivity contribution in [2.75, 3.05) is 22.9 Å². The molecule has 1 unspecified atom stereocenters. The molecule has 182 valence electrons. The summed E-state index contributed by atoms with van der Waals surface area (Å²) in [6.07, 6.45) is 1.17. The van der Waals surface area contributed by atoms with E-state index in [0.717, 1.165) is 6.07 Å². The minimum atomic E-state index is -2.85. The second-order valence-electron chi connectivity index (χ2n) is 9.20. The van der Waals surface area contributed by atoms with Gasteiger partial charge in [-0.15, -0.1) is 0 Å². The first kappa shape index (κ1) is 22.9. The van der Waals surface area contributed by atoms with Crippen LogP contribution in [0, 0.1) is 11.7 Å². The van der Waals surface area contributed by atoms with E-state index in [4.69, 9.17) is 0 Å². The zero-order valence-electron chi connectivity index (χ0n) is 19.1. The fraction of sp³-hybridized carbons (Fsp3) is 0.320. The molecule has 1 saturated heterocycles. The lowest BCUT2D eigenvalue weighted by Gasteiger charge is -2.28. The smallest absolute Gasteiger partial charge is 0.294 e. The van der Waals surface area contributed by atoms with Crippen LogP contribution in [-0.4, -0.2) is 45.8 Å². The van der Waals surface area contributed by atoms with Crippen molar-refractivity contribution in [3.63, 3.8) is 0 Å². The molecule has 10 heteroatoms. The van der Waals surface area contributed by atoms with Gasteiger partial charge in [-0.2, -0.15) is 0 Å². The van der Waals surface area contributed by atoms with Crippen molar-refractivity contribution in [1.82, 2.24) is 9.97 Å². The number of hydrogen-bond acceptors (Lipinski definition) is 5. The predicted molar refractivity (Wildman–Crippen MR) is 124 cm³/mol. The Hall–Kier alpha value is -3.82. The van der Waals surface area contributed by atoms with Gasteiger partial charge in [-0.05, 0) is 30.3 Å². The van der Waals surface area contributed by atoms with E-state index in [0.29, 0.717) is 16.7 Å². The van der Waals surface area contributed by atoms with E-state index >= 15 is 4.39 Å². The topological polar surface area (TPSA) is 89.5 Å². The van der Waals surface area contributed by atoms with Crippen LogP contribution in [-0.2, 0) is 9.59 Å². The maximum atomic E-state index is 15.5. The Bertz CT molecular complexity index is 1380. The number of rotatable bonds is 5. The fourth-order valence-electron chi connectivity index (χ4n) is 4.69. The summed E-state index contributed by atoms with van der Waals surface area (Å²) in [7, 11) is 0. The molecule has 3 aromatic rings. The van der Waals surface area contributed by atoms with Crippen LogP contribution in [0.5, 0.6) is 0 Å². The highest BCUT2D eigenvalue weighted by Crippen LogP contribution is 2.44. The summed E-state index contributed by atoms with van der Waals surface area (Å²) in [5.41, 5.74) is 1.63. The Morgan fingerprint density at radius 1 is 1.20 bits per heavy atom. The van der Waals surface area contributed by atoms with E-state index in [2.05, 4.69) is 9.97 Å². The molecule has 35 heavy (non-hydrogen) atoms. The van der Waals surface area contributed by atoms with Gasteiger partial charge in [0.25, 0.3) is 11.8 Å². The summed E-state index contributed by atoms with van der Waals surface area (Å²) in [4.78, 5) is 35.9. The number of aliphatic hydroxyl groups is 1. The van der Waals surface area contributed by atoms with Crippen molar-refractivity contribution in [2.24, 2.45) is 5.92 Å². The van der Waals surface area contributed by atoms with Crippen LogP contribution in [0.25, 0.3) is 11.0 Å². The van der Waals surface area contributed by atoms with Gasteiger partial charge in [0.2, 0.25) is 0 Å². The van der Waals surface area contributed by atoms with Gasteiger partial charge >= 0.3 is 0 Å². The van der Waals surface area contributed by atoms with Crippen molar-refractivity contribution < 1.29 is 27.9 Å². The maximum absolute atomic E-state index is 15.5. The Balaban J connectivity index is 1.61. The number of hydrogen-bond donors (Lipinski definition) is 2. The molecular formula is C25H23F3N4O3. The average molecular weight is 484 g/mol. The van der Waals surface area contributed by atoms with Gasteiger partial charge in [0.15, 0.2) is 11.5 Å². The Labute approximate surface area is 198 Å². The highest BCUT2D eigenvalue weighted by molar-refractivity contribution is 6.17. The molecule has 2 aliphatic rings. The molecule has 2 N–H and O–H groups in total. The predicted octanol–water partition coefficient (Wildman–Crippen LogP) is 4.67. The largest absolute Gasteiger partial charge is 0.503 e. The van der Waals surface area contributed by atoms with Crippen LogP contribution in [0.1, 0.15) is 31.9 Å². The molecule has 0 saturated carbocycles. The Morgan fingerprint density at radius 3 is 2.60 bits per heavy atom. The summed E-state index contributed by atoms with van der Waals surface area (Å²) in [6, 6.07) is 7.67. The second kappa shape index (κ2) is 8.14. The van der Waals surface area contributed by atoms with E-state index in [1.165, 1.54) is 28.3 Å². The SMILES string of the molecule is CC(C)C(=O)C1=C(O)C(=O)N(c2ccc3[nH]cnc3c2)C1c1ccc(N2CCC(F)(F)C2)cc1F. The molecule has 1 amide bonds. The minimum Gasteiger partial charge on any atom is -0.503 e. The number of carbonyl (C=O) groups excluding carboxylic acids is 2. The number of nitrogens with zero attached hydrogens (tertiary/aromatic N) is 3. The number of aromatic nitrogens is 2. The summed E-state index contributed by atoms with van der Waals surface area (Å²) in [5, 5.41) is 10.7. The molecule has 2 aliphatic heterocycles. The van der Waals surface area contributed by atoms with Gasteiger partial charge in [-0.1, -0.05) is 19.9 Å². The third-order valence-corrected chi connectivity index (χ3v) is 6.49. The third-order valence-electron chi connectivity index (χ3n) is 6.49. The molecule has 0 bridgehead atoms. The number of amides is 1. The van der Waals surface area contributed by atoms with Crippen molar-refractivity contribution in [3.8, 4) is 0 Å². The highest BCUT2D eigenvalue weighted by Gasteiger charge is 2.46. The van der Waals surface area contributed by atoms with Crippen LogP contribution in [0.2, 0.25) is 0 Å². The number of imidazole rings is 1. The van der Waals surface area contributed by atoms with Gasteiger partial charge < -0.3 is 15.0 Å².